The van der Waals surface area contributed by atoms with Gasteiger partial charge in [-0.2, -0.15) is 0 Å². The Hall–Kier alpha value is -0.790. The molecule has 0 radical (unpaired) electrons. The van der Waals surface area contributed by atoms with Crippen molar-refractivity contribution in [3.63, 3.8) is 0 Å². The summed E-state index contributed by atoms with van der Waals surface area (Å²) >= 11 is 0. The molecule has 15 heavy (non-hydrogen) atoms. The third-order valence-electron chi connectivity index (χ3n) is 2.08. The van der Waals surface area contributed by atoms with Gasteiger partial charge in [-0.3, -0.25) is 0 Å². The third-order valence-corrected chi connectivity index (χ3v) is 2.08. The first kappa shape index (κ1) is 14.2. The first-order valence-electron chi connectivity index (χ1n) is 5.17. The molecule has 0 spiro atoms. The predicted octanol–water partition coefficient (Wildman–Crippen LogP) is 3.50. The van der Waals surface area contributed by atoms with Crippen molar-refractivity contribution in [3.8, 4) is 0 Å². The zero-order valence-corrected chi connectivity index (χ0v) is 10.2. The van der Waals surface area contributed by atoms with Crippen molar-refractivity contribution in [1.29, 1.82) is 0 Å². The summed E-state index contributed by atoms with van der Waals surface area (Å²) in [6.07, 6.45) is 5.21. The van der Waals surface area contributed by atoms with E-state index in [1.807, 2.05) is 18.2 Å². The van der Waals surface area contributed by atoms with E-state index in [1.54, 1.807) is 0 Å². The minimum absolute atomic E-state index is 0. The summed E-state index contributed by atoms with van der Waals surface area (Å²) in [5.41, 5.74) is 7.15. The number of benzene rings is 1. The summed E-state index contributed by atoms with van der Waals surface area (Å²) in [4.78, 5) is 0. The fourth-order valence-electron chi connectivity index (χ4n) is 1.42. The average Bonchev–Trinajstić information content (AvgIpc) is 2.15. The molecule has 0 unspecified atom stereocenters. The molecule has 2 heteroatoms. The molecular formula is C13H20ClN. The monoisotopic (exact) mass is 225 g/mol. The SMILES string of the molecule is CC(C)C[C@H](N)C=Cc1ccccc1.Cl. The van der Waals surface area contributed by atoms with Crippen molar-refractivity contribution < 1.29 is 0 Å². The highest BCUT2D eigenvalue weighted by molar-refractivity contribution is 5.85. The van der Waals surface area contributed by atoms with Gasteiger partial charge in [0.1, 0.15) is 0 Å². The third kappa shape index (κ3) is 6.32. The Labute approximate surface area is 98.8 Å². The second-order valence-electron chi connectivity index (χ2n) is 4.06. The zero-order valence-electron chi connectivity index (χ0n) is 9.39. The fraction of sp³-hybridized carbons (Fsp3) is 0.385. The van der Waals surface area contributed by atoms with Crippen LogP contribution in [0.25, 0.3) is 6.08 Å². The lowest BCUT2D eigenvalue weighted by molar-refractivity contribution is 0.547. The van der Waals surface area contributed by atoms with Crippen LogP contribution in [0.4, 0.5) is 0 Å². The minimum atomic E-state index is 0. The van der Waals surface area contributed by atoms with Gasteiger partial charge in [-0.1, -0.05) is 56.3 Å². The second-order valence-corrected chi connectivity index (χ2v) is 4.06. The van der Waals surface area contributed by atoms with Crippen LogP contribution in [0, 0.1) is 5.92 Å². The molecule has 0 aliphatic rings. The van der Waals surface area contributed by atoms with Crippen molar-refractivity contribution in [2.24, 2.45) is 11.7 Å². The highest BCUT2D eigenvalue weighted by Gasteiger charge is 2.00. The summed E-state index contributed by atoms with van der Waals surface area (Å²) in [6.45, 7) is 4.38. The zero-order chi connectivity index (χ0) is 10.4. The van der Waals surface area contributed by atoms with Crippen LogP contribution in [0.15, 0.2) is 36.4 Å². The Morgan fingerprint density at radius 2 is 1.80 bits per heavy atom. The Kier molecular flexibility index (Phi) is 7.10. The smallest absolute Gasteiger partial charge is 0.0229 e. The summed E-state index contributed by atoms with van der Waals surface area (Å²) in [5.74, 6) is 0.658. The van der Waals surface area contributed by atoms with Crippen LogP contribution in [-0.4, -0.2) is 6.04 Å². The van der Waals surface area contributed by atoms with Crippen LogP contribution < -0.4 is 5.73 Å². The number of nitrogens with two attached hydrogens (primary N) is 1. The Morgan fingerprint density at radius 3 is 2.33 bits per heavy atom. The Morgan fingerprint density at radius 1 is 1.20 bits per heavy atom. The lowest BCUT2D eigenvalue weighted by Gasteiger charge is -2.08. The summed E-state index contributed by atoms with van der Waals surface area (Å²) in [7, 11) is 0. The highest BCUT2D eigenvalue weighted by Crippen LogP contribution is 2.06. The van der Waals surface area contributed by atoms with E-state index in [4.69, 9.17) is 5.73 Å². The molecule has 0 aliphatic heterocycles. The predicted molar refractivity (Wildman–Crippen MR) is 70.2 cm³/mol. The number of rotatable bonds is 4. The molecule has 1 nitrogen and oxygen atoms in total. The molecule has 0 heterocycles. The second kappa shape index (κ2) is 7.49. The van der Waals surface area contributed by atoms with Gasteiger partial charge >= 0.3 is 0 Å². The van der Waals surface area contributed by atoms with Crippen LogP contribution in [0.5, 0.6) is 0 Å². The number of hydrogen-bond donors (Lipinski definition) is 1. The normalized spacial score (nSPS) is 12.8. The van der Waals surface area contributed by atoms with Crippen molar-refractivity contribution >= 4 is 18.5 Å². The lowest BCUT2D eigenvalue weighted by atomic mass is 10.0. The van der Waals surface area contributed by atoms with E-state index in [9.17, 15) is 0 Å². The largest absolute Gasteiger partial charge is 0.324 e. The highest BCUT2D eigenvalue weighted by atomic mass is 35.5. The van der Waals surface area contributed by atoms with Crippen molar-refractivity contribution in [2.45, 2.75) is 26.3 Å². The molecule has 0 amide bonds. The Bertz CT molecular complexity index is 280. The molecule has 0 fully saturated rings. The fourth-order valence-corrected chi connectivity index (χ4v) is 1.42. The van der Waals surface area contributed by atoms with Gasteiger partial charge in [0, 0.05) is 6.04 Å². The van der Waals surface area contributed by atoms with Crippen molar-refractivity contribution in [2.75, 3.05) is 0 Å². The van der Waals surface area contributed by atoms with Crippen LogP contribution in [0.1, 0.15) is 25.8 Å². The molecule has 0 saturated carbocycles. The molecule has 1 aromatic rings. The molecule has 0 bridgehead atoms. The molecule has 1 atom stereocenters. The van der Waals surface area contributed by atoms with Gasteiger partial charge < -0.3 is 5.73 Å². The first-order valence-corrected chi connectivity index (χ1v) is 5.17. The topological polar surface area (TPSA) is 26.0 Å². The van der Waals surface area contributed by atoms with Gasteiger partial charge in [-0.15, -0.1) is 12.4 Å². The lowest BCUT2D eigenvalue weighted by Crippen LogP contribution is -2.18. The van der Waals surface area contributed by atoms with E-state index in [-0.39, 0.29) is 18.4 Å². The summed E-state index contributed by atoms with van der Waals surface area (Å²) in [6, 6.07) is 10.4. The molecule has 0 aliphatic carbocycles. The van der Waals surface area contributed by atoms with Gasteiger partial charge in [0.05, 0.1) is 0 Å². The van der Waals surface area contributed by atoms with E-state index in [0.29, 0.717) is 5.92 Å². The van der Waals surface area contributed by atoms with Crippen LogP contribution in [-0.2, 0) is 0 Å². The van der Waals surface area contributed by atoms with Crippen LogP contribution >= 0.6 is 12.4 Å². The minimum Gasteiger partial charge on any atom is -0.324 e. The Balaban J connectivity index is 0.00000196. The molecule has 0 aromatic heterocycles. The van der Waals surface area contributed by atoms with Crippen molar-refractivity contribution in [3.05, 3.63) is 42.0 Å². The van der Waals surface area contributed by atoms with Gasteiger partial charge in [0.15, 0.2) is 0 Å². The van der Waals surface area contributed by atoms with Crippen LogP contribution in [0.3, 0.4) is 0 Å². The number of hydrogen-bond acceptors (Lipinski definition) is 1. The van der Waals surface area contributed by atoms with Gasteiger partial charge in [0.2, 0.25) is 0 Å². The summed E-state index contributed by atoms with van der Waals surface area (Å²) < 4.78 is 0. The van der Waals surface area contributed by atoms with Crippen LogP contribution in [0.2, 0.25) is 0 Å². The summed E-state index contributed by atoms with van der Waals surface area (Å²) in [5, 5.41) is 0. The molecule has 0 saturated heterocycles. The molecule has 84 valence electrons. The standard InChI is InChI=1S/C13H19N.ClH/c1-11(2)10-13(14)9-8-12-6-4-3-5-7-12;/h3-9,11,13H,10,14H2,1-2H3;1H/t13-;/m1./s1. The molecule has 1 aromatic carbocycles. The average molecular weight is 226 g/mol. The van der Waals surface area contributed by atoms with E-state index in [2.05, 4.69) is 38.1 Å². The van der Waals surface area contributed by atoms with E-state index >= 15 is 0 Å². The van der Waals surface area contributed by atoms with E-state index in [0.717, 1.165) is 6.42 Å². The number of halogens is 1. The quantitative estimate of drug-likeness (QED) is 0.834. The molecular weight excluding hydrogens is 206 g/mol. The van der Waals surface area contributed by atoms with Gasteiger partial charge in [-0.05, 0) is 17.9 Å². The van der Waals surface area contributed by atoms with Gasteiger partial charge in [0.25, 0.3) is 0 Å². The maximum Gasteiger partial charge on any atom is 0.0229 e. The first-order chi connectivity index (χ1) is 6.68. The molecule has 1 rings (SSSR count). The van der Waals surface area contributed by atoms with E-state index in [1.165, 1.54) is 5.56 Å². The van der Waals surface area contributed by atoms with E-state index < -0.39 is 0 Å². The molecule has 2 N–H and O–H groups in total. The van der Waals surface area contributed by atoms with Gasteiger partial charge in [-0.25, -0.2) is 0 Å². The van der Waals surface area contributed by atoms with Crippen molar-refractivity contribution in [1.82, 2.24) is 0 Å². The maximum atomic E-state index is 5.94. The maximum absolute atomic E-state index is 5.94.